The van der Waals surface area contributed by atoms with Crippen LogP contribution < -0.4 is 20.1 Å². The Morgan fingerprint density at radius 1 is 1.26 bits per heavy atom. The van der Waals surface area contributed by atoms with Crippen LogP contribution in [0.3, 0.4) is 0 Å². The average Bonchev–Trinajstić information content (AvgIpc) is 3.09. The molecule has 1 atom stereocenters. The fourth-order valence-electron chi connectivity index (χ4n) is 3.55. The van der Waals surface area contributed by atoms with Crippen molar-refractivity contribution in [2.75, 3.05) is 54.1 Å². The van der Waals surface area contributed by atoms with Crippen LogP contribution in [-0.4, -0.2) is 71.0 Å². The van der Waals surface area contributed by atoms with Gasteiger partial charge in [0.2, 0.25) is 0 Å². The van der Waals surface area contributed by atoms with Crippen molar-refractivity contribution in [1.82, 2.24) is 15.5 Å². The van der Waals surface area contributed by atoms with Crippen molar-refractivity contribution in [1.29, 1.82) is 0 Å². The summed E-state index contributed by atoms with van der Waals surface area (Å²) in [7, 11) is 5.19. The third-order valence-electron chi connectivity index (χ3n) is 5.24. The standard InChI is InChI=1S/C20H32N4O3/c1-20(13-27-14-20)12-22-19(21-2)23-16-5-6-24(11-16)10-15-7-17(25-3)9-18(8-15)26-4/h7-9,16H,5-6,10-14H2,1-4H3,(H2,21,22,23). The first kappa shape index (κ1) is 19.8. The molecular weight excluding hydrogens is 344 g/mol. The van der Waals surface area contributed by atoms with Gasteiger partial charge in [-0.3, -0.25) is 9.89 Å². The fourth-order valence-corrected chi connectivity index (χ4v) is 3.55. The average molecular weight is 377 g/mol. The Labute approximate surface area is 162 Å². The second-order valence-corrected chi connectivity index (χ2v) is 7.82. The molecule has 150 valence electrons. The van der Waals surface area contributed by atoms with Gasteiger partial charge in [-0.15, -0.1) is 0 Å². The number of likely N-dealkylation sites (tertiary alicyclic amines) is 1. The van der Waals surface area contributed by atoms with Gasteiger partial charge in [0.25, 0.3) is 0 Å². The number of ether oxygens (including phenoxy) is 3. The SMILES string of the molecule is CN=C(NCC1(C)COC1)NC1CCN(Cc2cc(OC)cc(OC)c2)C1. The van der Waals surface area contributed by atoms with Gasteiger partial charge in [-0.05, 0) is 24.1 Å². The molecule has 2 aliphatic rings. The number of rotatable bonds is 7. The van der Waals surface area contributed by atoms with E-state index in [1.807, 2.05) is 13.1 Å². The molecule has 0 aliphatic carbocycles. The van der Waals surface area contributed by atoms with Crippen LogP contribution in [-0.2, 0) is 11.3 Å². The Bertz CT molecular complexity index is 638. The first-order chi connectivity index (χ1) is 13.0. The Balaban J connectivity index is 1.49. The molecule has 0 saturated carbocycles. The van der Waals surface area contributed by atoms with E-state index < -0.39 is 0 Å². The summed E-state index contributed by atoms with van der Waals surface area (Å²) in [5.41, 5.74) is 1.43. The van der Waals surface area contributed by atoms with Crippen LogP contribution in [0.5, 0.6) is 11.5 Å². The highest BCUT2D eigenvalue weighted by Gasteiger charge is 2.33. The summed E-state index contributed by atoms with van der Waals surface area (Å²) in [5, 5.41) is 7.00. The Morgan fingerprint density at radius 3 is 2.52 bits per heavy atom. The summed E-state index contributed by atoms with van der Waals surface area (Å²) in [5.74, 6) is 2.53. The summed E-state index contributed by atoms with van der Waals surface area (Å²) < 4.78 is 16.1. The molecular formula is C20H32N4O3. The first-order valence-corrected chi connectivity index (χ1v) is 9.53. The van der Waals surface area contributed by atoms with Gasteiger partial charge < -0.3 is 24.8 Å². The molecule has 0 spiro atoms. The predicted octanol–water partition coefficient (Wildman–Crippen LogP) is 1.48. The molecule has 2 saturated heterocycles. The van der Waals surface area contributed by atoms with Crippen molar-refractivity contribution in [3.8, 4) is 11.5 Å². The maximum absolute atomic E-state index is 5.37. The quantitative estimate of drug-likeness (QED) is 0.555. The number of benzene rings is 1. The smallest absolute Gasteiger partial charge is 0.191 e. The molecule has 27 heavy (non-hydrogen) atoms. The molecule has 2 N–H and O–H groups in total. The predicted molar refractivity (Wildman–Crippen MR) is 107 cm³/mol. The molecule has 3 rings (SSSR count). The van der Waals surface area contributed by atoms with E-state index in [2.05, 4.69) is 39.6 Å². The van der Waals surface area contributed by atoms with Gasteiger partial charge in [0, 0.05) is 50.7 Å². The number of guanidine groups is 1. The van der Waals surface area contributed by atoms with Gasteiger partial charge in [-0.25, -0.2) is 0 Å². The van der Waals surface area contributed by atoms with Gasteiger partial charge in [-0.1, -0.05) is 6.92 Å². The lowest BCUT2D eigenvalue weighted by Gasteiger charge is -2.38. The minimum Gasteiger partial charge on any atom is -0.497 e. The number of aliphatic imine (C=N–C) groups is 1. The summed E-state index contributed by atoms with van der Waals surface area (Å²) in [6.07, 6.45) is 1.10. The Morgan fingerprint density at radius 2 is 1.96 bits per heavy atom. The molecule has 1 unspecified atom stereocenters. The highest BCUT2D eigenvalue weighted by atomic mass is 16.5. The van der Waals surface area contributed by atoms with Crippen LogP contribution >= 0.6 is 0 Å². The zero-order valence-corrected chi connectivity index (χ0v) is 16.9. The van der Waals surface area contributed by atoms with E-state index >= 15 is 0 Å². The van der Waals surface area contributed by atoms with E-state index in [9.17, 15) is 0 Å². The van der Waals surface area contributed by atoms with Crippen LogP contribution in [0.2, 0.25) is 0 Å². The van der Waals surface area contributed by atoms with Gasteiger partial charge >= 0.3 is 0 Å². The molecule has 1 aromatic carbocycles. The highest BCUT2D eigenvalue weighted by molar-refractivity contribution is 5.80. The van der Waals surface area contributed by atoms with Crippen molar-refractivity contribution < 1.29 is 14.2 Å². The second-order valence-electron chi connectivity index (χ2n) is 7.82. The van der Waals surface area contributed by atoms with Crippen molar-refractivity contribution >= 4 is 5.96 Å². The summed E-state index contributed by atoms with van der Waals surface area (Å²) >= 11 is 0. The van der Waals surface area contributed by atoms with Crippen LogP contribution in [0.15, 0.2) is 23.2 Å². The topological polar surface area (TPSA) is 67.4 Å². The van der Waals surface area contributed by atoms with Gasteiger partial charge in [0.15, 0.2) is 5.96 Å². The van der Waals surface area contributed by atoms with E-state index in [0.29, 0.717) is 6.04 Å². The zero-order valence-electron chi connectivity index (χ0n) is 16.9. The third-order valence-corrected chi connectivity index (χ3v) is 5.24. The molecule has 1 aromatic rings. The van der Waals surface area contributed by atoms with Crippen LogP contribution in [0.4, 0.5) is 0 Å². The van der Waals surface area contributed by atoms with E-state index in [0.717, 1.165) is 63.3 Å². The molecule has 0 radical (unpaired) electrons. The van der Waals surface area contributed by atoms with E-state index in [1.54, 1.807) is 14.2 Å². The van der Waals surface area contributed by atoms with Crippen LogP contribution in [0.1, 0.15) is 18.9 Å². The molecule has 7 nitrogen and oxygen atoms in total. The lowest BCUT2D eigenvalue weighted by Crippen LogP contribution is -2.52. The van der Waals surface area contributed by atoms with Crippen molar-refractivity contribution in [3.63, 3.8) is 0 Å². The summed E-state index contributed by atoms with van der Waals surface area (Å²) in [4.78, 5) is 6.81. The van der Waals surface area contributed by atoms with Gasteiger partial charge in [0.05, 0.1) is 27.4 Å². The number of nitrogens with one attached hydrogen (secondary N) is 2. The van der Waals surface area contributed by atoms with Crippen LogP contribution in [0.25, 0.3) is 0 Å². The van der Waals surface area contributed by atoms with Crippen molar-refractivity contribution in [2.24, 2.45) is 10.4 Å². The molecule has 2 heterocycles. The zero-order chi connectivity index (χ0) is 19.3. The number of methoxy groups -OCH3 is 2. The lowest BCUT2D eigenvalue weighted by atomic mass is 9.89. The minimum absolute atomic E-state index is 0.227. The molecule has 0 bridgehead atoms. The summed E-state index contributed by atoms with van der Waals surface area (Å²) in [6.45, 7) is 7.67. The lowest BCUT2D eigenvalue weighted by molar-refractivity contribution is -0.0971. The normalized spacial score (nSPS) is 22.2. The third kappa shape index (κ3) is 5.26. The first-order valence-electron chi connectivity index (χ1n) is 9.53. The molecule has 2 fully saturated rings. The molecule has 0 amide bonds. The molecule has 0 aromatic heterocycles. The highest BCUT2D eigenvalue weighted by Crippen LogP contribution is 2.25. The van der Waals surface area contributed by atoms with Crippen LogP contribution in [0, 0.1) is 5.41 Å². The molecule has 7 heteroatoms. The van der Waals surface area contributed by atoms with E-state index in [1.165, 1.54) is 5.56 Å². The Kier molecular flexibility index (Phi) is 6.44. The molecule has 2 aliphatic heterocycles. The van der Waals surface area contributed by atoms with Crippen molar-refractivity contribution in [2.45, 2.75) is 25.9 Å². The monoisotopic (exact) mass is 376 g/mol. The van der Waals surface area contributed by atoms with E-state index in [-0.39, 0.29) is 5.41 Å². The minimum atomic E-state index is 0.227. The van der Waals surface area contributed by atoms with E-state index in [4.69, 9.17) is 14.2 Å². The maximum atomic E-state index is 5.37. The van der Waals surface area contributed by atoms with Crippen molar-refractivity contribution in [3.05, 3.63) is 23.8 Å². The largest absolute Gasteiger partial charge is 0.497 e. The van der Waals surface area contributed by atoms with Gasteiger partial charge in [0.1, 0.15) is 11.5 Å². The summed E-state index contributed by atoms with van der Waals surface area (Å²) in [6, 6.07) is 6.45. The fraction of sp³-hybridized carbons (Fsp3) is 0.650. The number of nitrogens with zero attached hydrogens (tertiary/aromatic N) is 2. The maximum Gasteiger partial charge on any atom is 0.191 e. The number of hydrogen-bond donors (Lipinski definition) is 2. The second kappa shape index (κ2) is 8.80. The Hall–Kier alpha value is -1.99. The van der Waals surface area contributed by atoms with Gasteiger partial charge in [-0.2, -0.15) is 0 Å². The number of hydrogen-bond acceptors (Lipinski definition) is 5.